The van der Waals surface area contributed by atoms with Gasteiger partial charge in [-0.05, 0) is 44.0 Å². The zero-order valence-corrected chi connectivity index (χ0v) is 16.2. The molecule has 4 rings (SSSR count). The van der Waals surface area contributed by atoms with Gasteiger partial charge in [-0.15, -0.1) is 10.2 Å². The van der Waals surface area contributed by atoms with E-state index in [1.54, 1.807) is 6.20 Å². The SMILES string of the molecule is CCCc1ccc(CN2CCCC(c3nnc(Cn4cccn4)n3C)C2)o1. The van der Waals surface area contributed by atoms with Crippen molar-refractivity contribution in [3.63, 3.8) is 0 Å². The van der Waals surface area contributed by atoms with E-state index in [-0.39, 0.29) is 0 Å². The van der Waals surface area contributed by atoms with E-state index < -0.39 is 0 Å². The summed E-state index contributed by atoms with van der Waals surface area (Å²) in [5.74, 6) is 4.59. The third kappa shape index (κ3) is 4.13. The molecular weight excluding hydrogens is 340 g/mol. The van der Waals surface area contributed by atoms with E-state index in [1.807, 2.05) is 16.9 Å². The maximum atomic E-state index is 5.97. The number of rotatable bonds is 7. The summed E-state index contributed by atoms with van der Waals surface area (Å²) in [6, 6.07) is 6.17. The normalized spacial score (nSPS) is 18.2. The minimum absolute atomic E-state index is 0.410. The van der Waals surface area contributed by atoms with Gasteiger partial charge in [0, 0.05) is 38.3 Å². The Hall–Kier alpha value is -2.41. The van der Waals surface area contributed by atoms with Crippen molar-refractivity contribution in [2.24, 2.45) is 7.05 Å². The lowest BCUT2D eigenvalue weighted by molar-refractivity contribution is 0.181. The zero-order chi connectivity index (χ0) is 18.6. The minimum Gasteiger partial charge on any atom is -0.465 e. The second-order valence-corrected chi connectivity index (χ2v) is 7.43. The highest BCUT2D eigenvalue weighted by Gasteiger charge is 2.26. The third-order valence-electron chi connectivity index (χ3n) is 5.33. The molecular formula is C20H28N6O. The summed E-state index contributed by atoms with van der Waals surface area (Å²) in [6.07, 6.45) is 8.20. The molecule has 0 amide bonds. The minimum atomic E-state index is 0.410. The van der Waals surface area contributed by atoms with Gasteiger partial charge in [0.1, 0.15) is 23.9 Å². The Morgan fingerprint density at radius 2 is 2.07 bits per heavy atom. The van der Waals surface area contributed by atoms with Gasteiger partial charge in [-0.25, -0.2) is 0 Å². The molecule has 144 valence electrons. The number of hydrogen-bond acceptors (Lipinski definition) is 5. The van der Waals surface area contributed by atoms with Crippen LogP contribution in [0.15, 0.2) is 35.0 Å². The summed E-state index contributed by atoms with van der Waals surface area (Å²) in [7, 11) is 2.07. The van der Waals surface area contributed by atoms with Crippen LogP contribution < -0.4 is 0 Å². The monoisotopic (exact) mass is 368 g/mol. The standard InChI is InChI=1S/C20H28N6O/c1-3-6-17-8-9-18(27-17)14-25-11-4-7-16(13-25)20-23-22-19(24(20)2)15-26-12-5-10-21-26/h5,8-10,12,16H,3-4,6-7,11,13-15H2,1-2H3. The van der Waals surface area contributed by atoms with Crippen molar-refractivity contribution in [2.45, 2.75) is 51.6 Å². The predicted molar refractivity (Wildman–Crippen MR) is 102 cm³/mol. The highest BCUT2D eigenvalue weighted by Crippen LogP contribution is 2.27. The average molecular weight is 368 g/mol. The maximum absolute atomic E-state index is 5.97. The van der Waals surface area contributed by atoms with Gasteiger partial charge >= 0.3 is 0 Å². The van der Waals surface area contributed by atoms with Crippen molar-refractivity contribution in [3.8, 4) is 0 Å². The largest absolute Gasteiger partial charge is 0.465 e. The molecule has 0 saturated carbocycles. The quantitative estimate of drug-likeness (QED) is 0.641. The lowest BCUT2D eigenvalue weighted by Crippen LogP contribution is -2.34. The summed E-state index contributed by atoms with van der Waals surface area (Å²) < 4.78 is 9.99. The van der Waals surface area contributed by atoms with Crippen molar-refractivity contribution in [3.05, 3.63) is 53.8 Å². The summed E-state index contributed by atoms with van der Waals surface area (Å²) in [6.45, 7) is 5.81. The molecule has 1 aliphatic heterocycles. The molecule has 7 heteroatoms. The molecule has 7 nitrogen and oxygen atoms in total. The van der Waals surface area contributed by atoms with E-state index in [1.165, 1.54) is 6.42 Å². The summed E-state index contributed by atoms with van der Waals surface area (Å²) in [5.41, 5.74) is 0. The van der Waals surface area contributed by atoms with Crippen LogP contribution in [0.2, 0.25) is 0 Å². The van der Waals surface area contributed by atoms with E-state index >= 15 is 0 Å². The van der Waals surface area contributed by atoms with Gasteiger partial charge in [0.2, 0.25) is 0 Å². The molecule has 1 aliphatic rings. The molecule has 4 heterocycles. The molecule has 0 aliphatic carbocycles. The van der Waals surface area contributed by atoms with Crippen LogP contribution >= 0.6 is 0 Å². The van der Waals surface area contributed by atoms with E-state index in [4.69, 9.17) is 4.42 Å². The second-order valence-electron chi connectivity index (χ2n) is 7.43. The van der Waals surface area contributed by atoms with Gasteiger partial charge in [-0.3, -0.25) is 9.58 Å². The number of piperidine rings is 1. The van der Waals surface area contributed by atoms with Crippen LogP contribution in [0.5, 0.6) is 0 Å². The van der Waals surface area contributed by atoms with Crippen LogP contribution in [0.3, 0.4) is 0 Å². The van der Waals surface area contributed by atoms with Gasteiger partial charge in [0.15, 0.2) is 5.82 Å². The third-order valence-corrected chi connectivity index (χ3v) is 5.33. The number of aryl methyl sites for hydroxylation is 1. The van der Waals surface area contributed by atoms with E-state index in [9.17, 15) is 0 Å². The molecule has 0 spiro atoms. The van der Waals surface area contributed by atoms with Gasteiger partial charge in [0.25, 0.3) is 0 Å². The van der Waals surface area contributed by atoms with E-state index in [2.05, 4.69) is 50.9 Å². The number of nitrogens with zero attached hydrogens (tertiary/aromatic N) is 6. The molecule has 1 fully saturated rings. The van der Waals surface area contributed by atoms with Crippen molar-refractivity contribution < 1.29 is 4.42 Å². The Bertz CT molecular complexity index is 850. The average Bonchev–Trinajstić information content (AvgIpc) is 3.40. The van der Waals surface area contributed by atoms with Crippen molar-refractivity contribution in [2.75, 3.05) is 13.1 Å². The first-order chi connectivity index (χ1) is 13.2. The summed E-state index contributed by atoms with van der Waals surface area (Å²) >= 11 is 0. The maximum Gasteiger partial charge on any atom is 0.154 e. The fraction of sp³-hybridized carbons (Fsp3) is 0.550. The molecule has 1 unspecified atom stereocenters. The van der Waals surface area contributed by atoms with Crippen LogP contribution in [0, 0.1) is 0 Å². The molecule has 27 heavy (non-hydrogen) atoms. The Morgan fingerprint density at radius 3 is 2.89 bits per heavy atom. The van der Waals surface area contributed by atoms with Crippen LogP contribution in [0.1, 0.15) is 55.3 Å². The molecule has 0 radical (unpaired) electrons. The van der Waals surface area contributed by atoms with Crippen molar-refractivity contribution in [1.29, 1.82) is 0 Å². The van der Waals surface area contributed by atoms with Crippen molar-refractivity contribution >= 4 is 0 Å². The molecule has 0 bridgehead atoms. The van der Waals surface area contributed by atoms with Gasteiger partial charge in [-0.2, -0.15) is 5.10 Å². The van der Waals surface area contributed by atoms with Crippen LogP contribution in [0.4, 0.5) is 0 Å². The number of aromatic nitrogens is 5. The number of hydrogen-bond donors (Lipinski definition) is 0. The van der Waals surface area contributed by atoms with Crippen molar-refractivity contribution in [1.82, 2.24) is 29.4 Å². The molecule has 0 aromatic carbocycles. The Labute approximate surface area is 160 Å². The molecule has 3 aromatic rings. The van der Waals surface area contributed by atoms with Crippen LogP contribution in [-0.2, 0) is 26.6 Å². The van der Waals surface area contributed by atoms with E-state index in [0.29, 0.717) is 12.5 Å². The Kier molecular flexibility index (Phi) is 5.38. The van der Waals surface area contributed by atoms with Gasteiger partial charge in [-0.1, -0.05) is 6.92 Å². The lowest BCUT2D eigenvalue weighted by Gasteiger charge is -2.31. The molecule has 1 saturated heterocycles. The first kappa shape index (κ1) is 18.0. The Morgan fingerprint density at radius 1 is 1.19 bits per heavy atom. The second kappa shape index (κ2) is 8.08. The Balaban J connectivity index is 1.41. The summed E-state index contributed by atoms with van der Waals surface area (Å²) in [5, 5.41) is 13.2. The van der Waals surface area contributed by atoms with Gasteiger partial charge < -0.3 is 8.98 Å². The predicted octanol–water partition coefficient (Wildman–Crippen LogP) is 2.99. The van der Waals surface area contributed by atoms with E-state index in [0.717, 1.165) is 62.1 Å². The molecule has 1 atom stereocenters. The number of likely N-dealkylation sites (tertiary alicyclic amines) is 1. The fourth-order valence-corrected chi connectivity index (χ4v) is 3.93. The topological polar surface area (TPSA) is 64.9 Å². The van der Waals surface area contributed by atoms with Crippen LogP contribution in [0.25, 0.3) is 0 Å². The smallest absolute Gasteiger partial charge is 0.154 e. The fourth-order valence-electron chi connectivity index (χ4n) is 3.93. The van der Waals surface area contributed by atoms with Crippen LogP contribution in [-0.4, -0.2) is 42.5 Å². The first-order valence-electron chi connectivity index (χ1n) is 9.88. The first-order valence-corrected chi connectivity index (χ1v) is 9.88. The molecule has 3 aromatic heterocycles. The molecule has 0 N–H and O–H groups in total. The summed E-state index contributed by atoms with van der Waals surface area (Å²) in [4.78, 5) is 2.48. The zero-order valence-electron chi connectivity index (χ0n) is 16.2. The van der Waals surface area contributed by atoms with Gasteiger partial charge in [0.05, 0.1) is 6.54 Å². The highest BCUT2D eigenvalue weighted by atomic mass is 16.3. The number of furan rings is 1. The highest BCUT2D eigenvalue weighted by molar-refractivity contribution is 5.09. The lowest BCUT2D eigenvalue weighted by atomic mass is 9.97.